The number of hydrogen-bond donors (Lipinski definition) is 0. The van der Waals surface area contributed by atoms with Gasteiger partial charge >= 0.3 is 6.18 Å². The maximum Gasteiger partial charge on any atom is 0.452 e. The van der Waals surface area contributed by atoms with Crippen molar-refractivity contribution < 1.29 is 18.0 Å². The van der Waals surface area contributed by atoms with Gasteiger partial charge in [-0.05, 0) is 19.8 Å². The molecular formula is C10H12F3N3OS. The van der Waals surface area contributed by atoms with Crippen LogP contribution in [0.2, 0.25) is 0 Å². The van der Waals surface area contributed by atoms with Crippen molar-refractivity contribution >= 4 is 22.4 Å². The largest absolute Gasteiger partial charge is 0.452 e. The van der Waals surface area contributed by atoms with Gasteiger partial charge in [-0.15, -0.1) is 0 Å². The van der Waals surface area contributed by atoms with Crippen LogP contribution in [0.15, 0.2) is 0 Å². The molecule has 0 spiro atoms. The minimum atomic E-state index is -4.49. The summed E-state index contributed by atoms with van der Waals surface area (Å²) in [4.78, 5) is 16.4. The Morgan fingerprint density at radius 2 is 2.00 bits per heavy atom. The van der Waals surface area contributed by atoms with Crippen molar-refractivity contribution in [3.05, 3.63) is 5.82 Å². The lowest BCUT2D eigenvalue weighted by molar-refractivity contribution is -0.144. The highest BCUT2D eigenvalue weighted by atomic mass is 32.1. The number of carbonyl (C=O) groups is 1. The Balaban J connectivity index is 2.02. The van der Waals surface area contributed by atoms with E-state index in [-0.39, 0.29) is 16.8 Å². The van der Waals surface area contributed by atoms with Crippen LogP contribution in [0.5, 0.6) is 0 Å². The minimum absolute atomic E-state index is 0.0243. The summed E-state index contributed by atoms with van der Waals surface area (Å²) in [6, 6.07) is 0. The Hall–Kier alpha value is -1.18. The number of hydrogen-bond acceptors (Lipinski definition) is 5. The number of carbonyl (C=O) groups excluding carboxylic acids is 1. The molecule has 0 saturated carbocycles. The monoisotopic (exact) mass is 279 g/mol. The van der Waals surface area contributed by atoms with Crippen LogP contribution in [0.25, 0.3) is 0 Å². The quantitative estimate of drug-likeness (QED) is 0.833. The van der Waals surface area contributed by atoms with E-state index in [9.17, 15) is 18.0 Å². The van der Waals surface area contributed by atoms with Gasteiger partial charge in [0.05, 0.1) is 0 Å². The van der Waals surface area contributed by atoms with Gasteiger partial charge < -0.3 is 4.90 Å². The van der Waals surface area contributed by atoms with E-state index in [4.69, 9.17) is 0 Å². The highest BCUT2D eigenvalue weighted by molar-refractivity contribution is 7.09. The lowest BCUT2D eigenvalue weighted by Crippen LogP contribution is -2.35. The van der Waals surface area contributed by atoms with Gasteiger partial charge in [0, 0.05) is 30.5 Å². The molecule has 0 radical (unpaired) electrons. The van der Waals surface area contributed by atoms with Gasteiger partial charge in [-0.1, -0.05) is 0 Å². The lowest BCUT2D eigenvalue weighted by Gasteiger charge is -2.30. The maximum absolute atomic E-state index is 12.4. The SMILES string of the molecule is CC(=O)C1CCN(c2nc(C(F)(F)F)ns2)CC1. The number of rotatable bonds is 2. The second kappa shape index (κ2) is 4.83. The average Bonchev–Trinajstić information content (AvgIpc) is 2.78. The Morgan fingerprint density at radius 1 is 1.39 bits per heavy atom. The molecular weight excluding hydrogens is 267 g/mol. The van der Waals surface area contributed by atoms with E-state index in [0.717, 1.165) is 11.5 Å². The molecule has 4 nitrogen and oxygen atoms in total. The summed E-state index contributed by atoms with van der Waals surface area (Å²) in [7, 11) is 0. The predicted octanol–water partition coefficient (Wildman–Crippen LogP) is 2.36. The van der Waals surface area contributed by atoms with E-state index < -0.39 is 12.0 Å². The van der Waals surface area contributed by atoms with Crippen LogP contribution in [-0.4, -0.2) is 28.2 Å². The second-order valence-corrected chi connectivity index (χ2v) is 5.00. The Kier molecular flexibility index (Phi) is 3.56. The van der Waals surface area contributed by atoms with Crippen molar-refractivity contribution in [1.82, 2.24) is 9.36 Å². The molecule has 0 aromatic carbocycles. The molecule has 2 heterocycles. The topological polar surface area (TPSA) is 46.1 Å². The van der Waals surface area contributed by atoms with E-state index in [2.05, 4.69) is 9.36 Å². The molecule has 1 saturated heterocycles. The first-order valence-corrected chi connectivity index (χ1v) is 6.31. The molecule has 0 unspecified atom stereocenters. The standard InChI is InChI=1S/C10H12F3N3OS/c1-6(17)7-2-4-16(5-3-7)9-14-8(15-18-9)10(11,12)13/h7H,2-5H2,1H3. The molecule has 1 aromatic rings. The zero-order chi connectivity index (χ0) is 13.3. The van der Waals surface area contributed by atoms with Gasteiger partial charge in [0.25, 0.3) is 0 Å². The molecule has 1 aliphatic heterocycles. The normalized spacial score (nSPS) is 18.1. The summed E-state index contributed by atoms with van der Waals surface area (Å²) in [5, 5.41) is 0.282. The molecule has 100 valence electrons. The molecule has 1 aromatic heterocycles. The lowest BCUT2D eigenvalue weighted by atomic mass is 9.94. The van der Waals surface area contributed by atoms with Crippen LogP contribution in [0, 0.1) is 5.92 Å². The molecule has 2 rings (SSSR count). The van der Waals surface area contributed by atoms with Crippen molar-refractivity contribution in [3.63, 3.8) is 0 Å². The minimum Gasteiger partial charge on any atom is -0.347 e. The van der Waals surface area contributed by atoms with Crippen LogP contribution < -0.4 is 4.90 Å². The van der Waals surface area contributed by atoms with E-state index >= 15 is 0 Å². The molecule has 0 aliphatic carbocycles. The summed E-state index contributed by atoms with van der Waals surface area (Å²) < 4.78 is 40.4. The molecule has 8 heteroatoms. The maximum atomic E-state index is 12.4. The van der Waals surface area contributed by atoms with E-state index in [1.54, 1.807) is 11.8 Å². The fourth-order valence-corrected chi connectivity index (χ4v) is 2.67. The summed E-state index contributed by atoms with van der Waals surface area (Å²) in [5.74, 6) is -0.921. The van der Waals surface area contributed by atoms with Gasteiger partial charge in [-0.25, -0.2) is 0 Å². The Bertz CT molecular complexity index is 438. The first-order valence-electron chi connectivity index (χ1n) is 5.54. The second-order valence-electron chi connectivity index (χ2n) is 4.27. The van der Waals surface area contributed by atoms with Crippen molar-refractivity contribution in [3.8, 4) is 0 Å². The fraction of sp³-hybridized carbons (Fsp3) is 0.700. The van der Waals surface area contributed by atoms with Crippen LogP contribution in [-0.2, 0) is 11.0 Å². The number of halogens is 3. The van der Waals surface area contributed by atoms with Crippen LogP contribution in [0.3, 0.4) is 0 Å². The highest BCUT2D eigenvalue weighted by Gasteiger charge is 2.37. The summed E-state index contributed by atoms with van der Waals surface area (Å²) >= 11 is 0.752. The third kappa shape index (κ3) is 2.80. The number of anilines is 1. The number of aromatic nitrogens is 2. The summed E-state index contributed by atoms with van der Waals surface area (Å²) in [5.41, 5.74) is 0. The van der Waals surface area contributed by atoms with E-state index in [1.165, 1.54) is 0 Å². The zero-order valence-electron chi connectivity index (χ0n) is 9.70. The molecule has 0 atom stereocenters. The molecule has 0 N–H and O–H groups in total. The number of nitrogens with zero attached hydrogens (tertiary/aromatic N) is 3. The van der Waals surface area contributed by atoms with E-state index in [1.807, 2.05) is 0 Å². The number of ketones is 1. The first-order chi connectivity index (χ1) is 8.38. The zero-order valence-corrected chi connectivity index (χ0v) is 10.5. The van der Waals surface area contributed by atoms with Crippen molar-refractivity contribution in [2.45, 2.75) is 25.9 Å². The molecule has 0 bridgehead atoms. The number of piperidine rings is 1. The van der Waals surface area contributed by atoms with Gasteiger partial charge in [-0.3, -0.25) is 4.79 Å². The Labute approximate surface area is 106 Å². The molecule has 1 fully saturated rings. The number of alkyl halides is 3. The van der Waals surface area contributed by atoms with Gasteiger partial charge in [0.2, 0.25) is 11.0 Å². The van der Waals surface area contributed by atoms with Crippen molar-refractivity contribution in [2.75, 3.05) is 18.0 Å². The van der Waals surface area contributed by atoms with Crippen LogP contribution in [0.1, 0.15) is 25.6 Å². The van der Waals surface area contributed by atoms with Crippen LogP contribution >= 0.6 is 11.5 Å². The van der Waals surface area contributed by atoms with Crippen molar-refractivity contribution in [2.24, 2.45) is 5.92 Å². The molecule has 18 heavy (non-hydrogen) atoms. The smallest absolute Gasteiger partial charge is 0.347 e. The first kappa shape index (κ1) is 13.3. The van der Waals surface area contributed by atoms with Gasteiger partial charge in [-0.2, -0.15) is 22.5 Å². The Morgan fingerprint density at radius 3 is 2.44 bits per heavy atom. The average molecular weight is 279 g/mol. The number of Topliss-reactive ketones (excluding diaryl/α,β-unsaturated/α-hetero) is 1. The summed E-state index contributed by atoms with van der Waals surface area (Å²) in [6.45, 7) is 2.65. The van der Waals surface area contributed by atoms with Gasteiger partial charge in [0.1, 0.15) is 5.78 Å². The molecule has 0 amide bonds. The highest BCUT2D eigenvalue weighted by Crippen LogP contribution is 2.31. The van der Waals surface area contributed by atoms with Crippen molar-refractivity contribution in [1.29, 1.82) is 0 Å². The van der Waals surface area contributed by atoms with E-state index in [0.29, 0.717) is 25.9 Å². The predicted molar refractivity (Wildman–Crippen MR) is 60.5 cm³/mol. The summed E-state index contributed by atoms with van der Waals surface area (Å²) in [6.07, 6.45) is -3.17. The molecule has 1 aliphatic rings. The van der Waals surface area contributed by atoms with Gasteiger partial charge in [0.15, 0.2) is 0 Å². The third-order valence-electron chi connectivity index (χ3n) is 3.01. The fourth-order valence-electron chi connectivity index (χ4n) is 1.94. The van der Waals surface area contributed by atoms with Crippen LogP contribution in [0.4, 0.5) is 18.3 Å². The third-order valence-corrected chi connectivity index (χ3v) is 3.79.